The molecular weight excluding hydrogens is 274 g/mol. The zero-order valence-corrected chi connectivity index (χ0v) is 13.7. The van der Waals surface area contributed by atoms with Crippen LogP contribution in [0.5, 0.6) is 0 Å². The van der Waals surface area contributed by atoms with E-state index < -0.39 is 0 Å². The highest BCUT2D eigenvalue weighted by Gasteiger charge is 2.21. The summed E-state index contributed by atoms with van der Waals surface area (Å²) < 4.78 is 5.50. The molecule has 3 heteroatoms. The summed E-state index contributed by atoms with van der Waals surface area (Å²) in [5, 5.41) is 3.51. The molecule has 0 radical (unpaired) electrons. The van der Waals surface area contributed by atoms with E-state index in [2.05, 4.69) is 12.2 Å². The van der Waals surface area contributed by atoms with Crippen LogP contribution in [0.25, 0.3) is 0 Å². The molecule has 0 spiro atoms. The fourth-order valence-corrected chi connectivity index (χ4v) is 3.22. The molecular formula is C19H29NO2. The second kappa shape index (κ2) is 9.62. The maximum absolute atomic E-state index is 12.3. The van der Waals surface area contributed by atoms with Crippen molar-refractivity contribution in [2.24, 2.45) is 0 Å². The van der Waals surface area contributed by atoms with Crippen molar-refractivity contribution < 1.29 is 9.53 Å². The Morgan fingerprint density at radius 2 is 1.95 bits per heavy atom. The normalized spacial score (nSPS) is 17.1. The van der Waals surface area contributed by atoms with Crippen LogP contribution in [0.15, 0.2) is 30.3 Å². The van der Waals surface area contributed by atoms with E-state index in [1.807, 2.05) is 30.3 Å². The van der Waals surface area contributed by atoms with Crippen LogP contribution in [-0.4, -0.2) is 25.2 Å². The summed E-state index contributed by atoms with van der Waals surface area (Å²) in [6.07, 6.45) is 8.36. The number of ether oxygens (including phenoxy) is 1. The topological polar surface area (TPSA) is 38.3 Å². The standard InChI is InChI=1S/C19H29NO2/c1-2-9-18(16-10-5-3-6-11-16)19(21)22-15-14-20-17-12-7-4-8-13-17/h3,5-6,10-11,17-18,20H,2,4,7-9,12-15H2,1H3/t18-/m0/s1. The average molecular weight is 303 g/mol. The molecule has 1 saturated carbocycles. The maximum Gasteiger partial charge on any atom is 0.313 e. The predicted molar refractivity (Wildman–Crippen MR) is 89.9 cm³/mol. The minimum Gasteiger partial charge on any atom is -0.464 e. The highest BCUT2D eigenvalue weighted by atomic mass is 16.5. The molecule has 0 aromatic heterocycles. The largest absolute Gasteiger partial charge is 0.464 e. The van der Waals surface area contributed by atoms with Gasteiger partial charge in [0.15, 0.2) is 0 Å². The molecule has 0 aliphatic heterocycles. The molecule has 0 heterocycles. The summed E-state index contributed by atoms with van der Waals surface area (Å²) in [6, 6.07) is 10.6. The Bertz CT molecular complexity index is 426. The smallest absolute Gasteiger partial charge is 0.313 e. The zero-order chi connectivity index (χ0) is 15.6. The van der Waals surface area contributed by atoms with Crippen LogP contribution < -0.4 is 5.32 Å². The van der Waals surface area contributed by atoms with Gasteiger partial charge in [0.1, 0.15) is 6.61 Å². The maximum atomic E-state index is 12.3. The Kier molecular flexibility index (Phi) is 7.44. The lowest BCUT2D eigenvalue weighted by Crippen LogP contribution is -2.34. The summed E-state index contributed by atoms with van der Waals surface area (Å²) in [5.74, 6) is -0.209. The fraction of sp³-hybridized carbons (Fsp3) is 0.632. The van der Waals surface area contributed by atoms with Crippen LogP contribution >= 0.6 is 0 Å². The van der Waals surface area contributed by atoms with Crippen molar-refractivity contribution in [2.75, 3.05) is 13.2 Å². The van der Waals surface area contributed by atoms with Gasteiger partial charge in [0.05, 0.1) is 5.92 Å². The summed E-state index contributed by atoms with van der Waals surface area (Å²) in [7, 11) is 0. The first kappa shape index (κ1) is 17.0. The molecule has 3 nitrogen and oxygen atoms in total. The van der Waals surface area contributed by atoms with E-state index in [0.717, 1.165) is 24.9 Å². The van der Waals surface area contributed by atoms with E-state index in [1.165, 1.54) is 32.1 Å². The highest BCUT2D eigenvalue weighted by Crippen LogP contribution is 2.22. The summed E-state index contributed by atoms with van der Waals surface area (Å²) in [5.41, 5.74) is 1.06. The van der Waals surface area contributed by atoms with Gasteiger partial charge in [-0.1, -0.05) is 62.9 Å². The first-order valence-corrected chi connectivity index (χ1v) is 8.76. The Hall–Kier alpha value is -1.35. The van der Waals surface area contributed by atoms with Crippen LogP contribution in [-0.2, 0) is 9.53 Å². The molecule has 1 atom stereocenters. The lowest BCUT2D eigenvalue weighted by atomic mass is 9.95. The number of carbonyl (C=O) groups is 1. The second-order valence-corrected chi connectivity index (χ2v) is 6.21. The van der Waals surface area contributed by atoms with E-state index in [4.69, 9.17) is 4.74 Å². The molecule has 1 aromatic rings. The van der Waals surface area contributed by atoms with Gasteiger partial charge in [-0.2, -0.15) is 0 Å². The van der Waals surface area contributed by atoms with Gasteiger partial charge >= 0.3 is 5.97 Å². The predicted octanol–water partition coefficient (Wildman–Crippen LogP) is 4.04. The fourth-order valence-electron chi connectivity index (χ4n) is 3.22. The lowest BCUT2D eigenvalue weighted by Gasteiger charge is -2.23. The van der Waals surface area contributed by atoms with Gasteiger partial charge in [-0.25, -0.2) is 0 Å². The minimum atomic E-state index is -0.124. The molecule has 122 valence electrons. The van der Waals surface area contributed by atoms with Gasteiger partial charge in [-0.15, -0.1) is 0 Å². The van der Waals surface area contributed by atoms with Crippen LogP contribution in [0.1, 0.15) is 63.4 Å². The molecule has 1 aliphatic rings. The van der Waals surface area contributed by atoms with Gasteiger partial charge in [0, 0.05) is 12.6 Å². The summed E-state index contributed by atoms with van der Waals surface area (Å²) in [4.78, 5) is 12.3. The average Bonchev–Trinajstić information content (AvgIpc) is 2.58. The number of nitrogens with one attached hydrogen (secondary N) is 1. The van der Waals surface area contributed by atoms with E-state index in [-0.39, 0.29) is 11.9 Å². The first-order valence-electron chi connectivity index (χ1n) is 8.76. The van der Waals surface area contributed by atoms with E-state index in [9.17, 15) is 4.79 Å². The molecule has 1 fully saturated rings. The molecule has 0 saturated heterocycles. The van der Waals surface area contributed by atoms with Crippen molar-refractivity contribution in [1.82, 2.24) is 5.32 Å². The van der Waals surface area contributed by atoms with Crippen molar-refractivity contribution in [1.29, 1.82) is 0 Å². The molecule has 1 aromatic carbocycles. The Morgan fingerprint density at radius 3 is 2.64 bits per heavy atom. The Morgan fingerprint density at radius 1 is 1.23 bits per heavy atom. The van der Waals surface area contributed by atoms with Gasteiger partial charge in [-0.3, -0.25) is 4.79 Å². The monoisotopic (exact) mass is 303 g/mol. The quantitative estimate of drug-likeness (QED) is 0.582. The van der Waals surface area contributed by atoms with E-state index in [1.54, 1.807) is 0 Å². The molecule has 22 heavy (non-hydrogen) atoms. The first-order chi connectivity index (χ1) is 10.8. The molecule has 1 aliphatic carbocycles. The number of carbonyl (C=O) groups excluding carboxylic acids is 1. The third kappa shape index (κ3) is 5.45. The van der Waals surface area contributed by atoms with Crippen LogP contribution in [0.2, 0.25) is 0 Å². The van der Waals surface area contributed by atoms with Gasteiger partial charge in [0.25, 0.3) is 0 Å². The van der Waals surface area contributed by atoms with Crippen LogP contribution in [0, 0.1) is 0 Å². The SMILES string of the molecule is CCC[C@H](C(=O)OCCNC1CCCCC1)c1ccccc1. The molecule has 0 bridgehead atoms. The number of hydrogen-bond donors (Lipinski definition) is 1. The van der Waals surface area contributed by atoms with Gasteiger partial charge in [0.2, 0.25) is 0 Å². The molecule has 2 rings (SSSR count). The van der Waals surface area contributed by atoms with Crippen LogP contribution in [0.3, 0.4) is 0 Å². The number of benzene rings is 1. The van der Waals surface area contributed by atoms with E-state index in [0.29, 0.717) is 12.6 Å². The van der Waals surface area contributed by atoms with Crippen molar-refractivity contribution >= 4 is 5.97 Å². The van der Waals surface area contributed by atoms with E-state index >= 15 is 0 Å². The number of esters is 1. The number of rotatable bonds is 8. The molecule has 0 amide bonds. The zero-order valence-electron chi connectivity index (χ0n) is 13.7. The van der Waals surface area contributed by atoms with Crippen LogP contribution in [0.4, 0.5) is 0 Å². The summed E-state index contributed by atoms with van der Waals surface area (Å²) in [6.45, 7) is 3.35. The summed E-state index contributed by atoms with van der Waals surface area (Å²) >= 11 is 0. The van der Waals surface area contributed by atoms with Crippen molar-refractivity contribution in [2.45, 2.75) is 63.8 Å². The van der Waals surface area contributed by atoms with Crippen molar-refractivity contribution in [3.05, 3.63) is 35.9 Å². The lowest BCUT2D eigenvalue weighted by molar-refractivity contribution is -0.145. The van der Waals surface area contributed by atoms with Crippen molar-refractivity contribution in [3.8, 4) is 0 Å². The Labute approximate surface area is 134 Å². The highest BCUT2D eigenvalue weighted by molar-refractivity contribution is 5.78. The third-order valence-electron chi connectivity index (χ3n) is 4.45. The second-order valence-electron chi connectivity index (χ2n) is 6.21. The number of hydrogen-bond acceptors (Lipinski definition) is 3. The van der Waals surface area contributed by atoms with Gasteiger partial charge < -0.3 is 10.1 Å². The minimum absolute atomic E-state index is 0.0847. The van der Waals surface area contributed by atoms with Gasteiger partial charge in [-0.05, 0) is 24.8 Å². The molecule has 1 N–H and O–H groups in total. The third-order valence-corrected chi connectivity index (χ3v) is 4.45. The van der Waals surface area contributed by atoms with Crippen molar-refractivity contribution in [3.63, 3.8) is 0 Å². The molecule has 0 unspecified atom stereocenters. The Balaban J connectivity index is 1.74.